The molecule has 10 rings (SSSR count). The second kappa shape index (κ2) is 37.0. The molecule has 10 aliphatic rings. The Morgan fingerprint density at radius 2 is 0.841 bits per heavy atom. The van der Waals surface area contributed by atoms with Crippen molar-refractivity contribution >= 4 is 35.4 Å². The van der Waals surface area contributed by atoms with Crippen molar-refractivity contribution in [1.29, 1.82) is 0 Å². The van der Waals surface area contributed by atoms with E-state index in [4.69, 9.17) is 56.8 Å². The van der Waals surface area contributed by atoms with Gasteiger partial charge in [0, 0.05) is 81.1 Å². The van der Waals surface area contributed by atoms with Crippen molar-refractivity contribution in [3.05, 3.63) is 24.3 Å². The van der Waals surface area contributed by atoms with Crippen LogP contribution in [0.1, 0.15) is 281 Å². The summed E-state index contributed by atoms with van der Waals surface area (Å²) in [6.07, 6.45) is 11.9. The number of rotatable bonds is 26. The number of Topliss-reactive ketones (excluding diaryl/α,β-unsaturated/α-hetero) is 2. The Labute approximate surface area is 674 Å². The summed E-state index contributed by atoms with van der Waals surface area (Å²) < 4.78 is 79.9. The number of carbonyl (C=O) groups excluding carboxylic acids is 5. The van der Waals surface area contributed by atoms with Gasteiger partial charge in [0.05, 0.1) is 107 Å². The number of aliphatic carboxylic acids is 1. The summed E-state index contributed by atoms with van der Waals surface area (Å²) in [4.78, 5) is 78.6. The first kappa shape index (κ1) is 93.0. The van der Waals surface area contributed by atoms with Crippen LogP contribution in [-0.2, 0) is 85.6 Å². The summed E-state index contributed by atoms with van der Waals surface area (Å²) in [5, 5.41) is 58.5. The predicted molar refractivity (Wildman–Crippen MR) is 423 cm³/mol. The number of carboxylic acids is 1. The molecule has 0 bridgehead atoms. The van der Waals surface area contributed by atoms with Gasteiger partial charge in [-0.2, -0.15) is 0 Å². The minimum Gasteiger partial charge on any atom is -0.481 e. The maximum Gasteiger partial charge on any atom is 0.309 e. The van der Waals surface area contributed by atoms with Gasteiger partial charge in [-0.3, -0.25) is 28.8 Å². The molecule has 10 aliphatic heterocycles. The number of hydrogen-bond donors (Lipinski definition) is 6. The second-order valence-corrected chi connectivity index (χ2v) is 37.3. The lowest BCUT2D eigenvalue weighted by atomic mass is 9.72. The van der Waals surface area contributed by atoms with Crippen LogP contribution >= 0.6 is 0 Å². The maximum absolute atomic E-state index is 14.6. The van der Waals surface area contributed by atoms with Gasteiger partial charge in [-0.05, 0) is 191 Å². The van der Waals surface area contributed by atoms with Gasteiger partial charge >= 0.3 is 17.9 Å². The molecule has 0 aliphatic carbocycles. The Morgan fingerprint density at radius 1 is 0.478 bits per heavy atom. The SMILES string of the molecule is CC[C@@H](C(=O)[C@@H](C)[C@@H](O)[C@H](C)[C@@H]1O[C@@H]([C@@H](CC)C(=O)NC)CC[C@@H]1C)[C@H]1O[C@]2(C=C[C@@H](OC(C)=O)[C@]3(CC[C@@](C)([C@H]4CC[C@](O)(CC)[C@H](C)O4)O3)O2)[C@H](C)C[C@@H]1C.CC[C@@H](C(=O)[C@@H](C)[C@@H](O)[C@H](C)[C@@H]1O[C@@H]([C@@H](CC)C(=O)O)CC[C@@H]1C)[C@H]1O[C@]2(C=C[C@@H](OC(C)=O)[C@]3(CC[C@@](C)([C@H]4CC[C@](O)(CC)[C@H](C)O4)O3)O2)[C@H](C)C[C@@H]1C. The minimum absolute atomic E-state index is 0.00258. The van der Waals surface area contributed by atoms with Gasteiger partial charge in [-0.15, -0.1) is 0 Å². The molecule has 24 heteroatoms. The van der Waals surface area contributed by atoms with E-state index in [1.54, 1.807) is 20.9 Å². The first-order valence-electron chi connectivity index (χ1n) is 43.8. The van der Waals surface area contributed by atoms with Gasteiger partial charge < -0.3 is 87.7 Å². The Hall–Kier alpha value is -3.86. The first-order valence-corrected chi connectivity index (χ1v) is 43.8. The smallest absolute Gasteiger partial charge is 0.309 e. The summed E-state index contributed by atoms with van der Waals surface area (Å²) in [5.41, 5.74) is -3.39. The molecule has 113 heavy (non-hydrogen) atoms. The summed E-state index contributed by atoms with van der Waals surface area (Å²) in [7, 11) is 1.64. The van der Waals surface area contributed by atoms with Crippen molar-refractivity contribution in [3.8, 4) is 0 Å². The molecule has 646 valence electrons. The van der Waals surface area contributed by atoms with Crippen LogP contribution in [0.15, 0.2) is 24.3 Å². The van der Waals surface area contributed by atoms with Crippen molar-refractivity contribution in [2.45, 2.75) is 412 Å². The average molecular weight is 1600 g/mol. The monoisotopic (exact) mass is 1600 g/mol. The van der Waals surface area contributed by atoms with E-state index in [-0.39, 0.29) is 108 Å². The fourth-order valence-electron chi connectivity index (χ4n) is 21.8. The number of amides is 1. The zero-order valence-corrected chi connectivity index (χ0v) is 72.7. The summed E-state index contributed by atoms with van der Waals surface area (Å²) >= 11 is 0. The van der Waals surface area contributed by atoms with E-state index < -0.39 is 142 Å². The zero-order chi connectivity index (χ0) is 83.8. The van der Waals surface area contributed by atoms with E-state index in [9.17, 15) is 54.3 Å². The standard InChI is InChI=1S/C45H75NO11.C44H72O12/c1-13-32(41(50)46-12)34-17-16-25(4)39(54-34)29(8)37(48)28(7)38(49)33(14-2)40-26(5)24-27(6)44(55-40)21-19-36(53-31(10)47)45(57-44)23-22-42(11,56-45)35-18-20-43(51,15-3)30(9)52-35;1-12-31(40(48)49)33-16-15-24(4)38(53-33)28(8)36(46)27(7)37(47)32(13-2)39-25(5)23-26(6)43(54-39)20-18-35(52-30(10)45)44(56-43)22-21-41(11,55-44)34-17-19-42(50,14-3)29(9)51-34/h19,21,25-30,32-37,39-40,48,51H,13-18,20,22-24H2,1-12H3,(H,46,50);18,20,24-29,31-36,38-39,46,50H,12-17,19,21-23H2,1-11H3,(H,48,49)/t25-,26-,27+,28-,29-,30-,32+,33-,34+,35+,36+,37+,39+,40-,42-,43+,44-,45-;24-,25-,26+,27-,28-,29-,31+,32-,33+,34+,35+,36+,38+,39-,41-,42+,43-,44-/m00/s1. The van der Waals surface area contributed by atoms with Crippen molar-refractivity contribution < 1.29 is 111 Å². The normalized spacial score (nSPS) is 43.9. The Bertz CT molecular complexity index is 3320. The van der Waals surface area contributed by atoms with Crippen molar-refractivity contribution in [3.63, 3.8) is 0 Å². The van der Waals surface area contributed by atoms with Gasteiger partial charge in [-0.1, -0.05) is 111 Å². The number of nitrogens with one attached hydrogen (secondary N) is 1. The lowest BCUT2D eigenvalue weighted by molar-refractivity contribution is -0.409. The number of aliphatic hydroxyl groups excluding tert-OH is 2. The van der Waals surface area contributed by atoms with E-state index >= 15 is 0 Å². The maximum atomic E-state index is 14.6. The summed E-state index contributed by atoms with van der Waals surface area (Å²) in [6, 6.07) is 0. The van der Waals surface area contributed by atoms with Crippen molar-refractivity contribution in [2.24, 2.45) is 82.9 Å². The average Bonchev–Trinajstić information content (AvgIpc) is 1.64. The molecule has 0 aromatic heterocycles. The van der Waals surface area contributed by atoms with Gasteiger partial charge in [0.2, 0.25) is 17.5 Å². The second-order valence-electron chi connectivity index (χ2n) is 37.3. The summed E-state index contributed by atoms with van der Waals surface area (Å²) in [5.74, 6) is -11.5. The van der Waals surface area contributed by atoms with Crippen LogP contribution in [0.4, 0.5) is 0 Å². The number of carbonyl (C=O) groups is 6. The van der Waals surface area contributed by atoms with E-state index in [1.165, 1.54) is 13.8 Å². The van der Waals surface area contributed by atoms with Crippen LogP contribution < -0.4 is 5.32 Å². The highest BCUT2D eigenvalue weighted by molar-refractivity contribution is 5.85. The largest absolute Gasteiger partial charge is 0.481 e. The van der Waals surface area contributed by atoms with Crippen molar-refractivity contribution in [1.82, 2.24) is 5.32 Å². The van der Waals surface area contributed by atoms with Crippen LogP contribution in [0.3, 0.4) is 0 Å². The number of aliphatic hydroxyl groups is 4. The van der Waals surface area contributed by atoms with Crippen LogP contribution in [0.5, 0.6) is 0 Å². The molecule has 24 nitrogen and oxygen atoms in total. The van der Waals surface area contributed by atoms with E-state index in [2.05, 4.69) is 46.9 Å². The topological polar surface area (TPSA) is 326 Å². The Balaban J connectivity index is 0.000000259. The van der Waals surface area contributed by atoms with E-state index in [0.717, 1.165) is 19.3 Å². The summed E-state index contributed by atoms with van der Waals surface area (Å²) in [6.45, 7) is 42.2. The molecule has 1 amide bonds. The third-order valence-corrected chi connectivity index (χ3v) is 29.7. The van der Waals surface area contributed by atoms with Gasteiger partial charge in [0.15, 0.2) is 23.8 Å². The van der Waals surface area contributed by atoms with Crippen LogP contribution in [0.25, 0.3) is 0 Å². The van der Waals surface area contributed by atoms with Crippen LogP contribution in [-0.4, -0.2) is 199 Å². The molecule has 4 spiro atoms. The first-order chi connectivity index (χ1) is 52.9. The third kappa shape index (κ3) is 18.9. The minimum atomic E-state index is -1.38. The fourth-order valence-corrected chi connectivity index (χ4v) is 21.8. The molecule has 0 aromatic rings. The van der Waals surface area contributed by atoms with Gasteiger partial charge in [0.1, 0.15) is 11.6 Å². The highest BCUT2D eigenvalue weighted by atomic mass is 16.8. The molecule has 8 saturated heterocycles. The molecule has 36 atom stereocenters. The zero-order valence-electron chi connectivity index (χ0n) is 72.7. The Kier molecular flexibility index (Phi) is 30.5. The number of esters is 2. The molecule has 0 aromatic carbocycles. The molecule has 10 heterocycles. The van der Waals surface area contributed by atoms with E-state index in [0.29, 0.717) is 109 Å². The van der Waals surface area contributed by atoms with Gasteiger partial charge in [0.25, 0.3) is 0 Å². The number of hydrogen-bond acceptors (Lipinski definition) is 22. The van der Waals surface area contributed by atoms with Crippen LogP contribution in [0, 0.1) is 82.9 Å². The molecular weight excluding hydrogens is 1450 g/mol. The molecular formula is C89H147NO23. The van der Waals surface area contributed by atoms with Gasteiger partial charge in [-0.25, -0.2) is 0 Å². The third-order valence-electron chi connectivity index (χ3n) is 29.7. The molecule has 8 fully saturated rings. The van der Waals surface area contributed by atoms with E-state index in [1.807, 2.05) is 107 Å². The quantitative estimate of drug-likeness (QED) is 0.0346. The molecule has 0 radical (unpaired) electrons. The molecule has 0 unspecified atom stereocenters. The highest BCUT2D eigenvalue weighted by Crippen LogP contribution is 2.58. The van der Waals surface area contributed by atoms with Crippen molar-refractivity contribution in [2.75, 3.05) is 7.05 Å². The number of ether oxygens (including phenoxy) is 12. The molecule has 6 N–H and O–H groups in total. The fraction of sp³-hybridized carbons (Fsp3) is 0.888. The van der Waals surface area contributed by atoms with Crippen LogP contribution in [0.2, 0.25) is 0 Å². The lowest BCUT2D eigenvalue weighted by Gasteiger charge is -2.54. The Morgan fingerprint density at radius 3 is 1.16 bits per heavy atom. The molecule has 0 saturated carbocycles. The number of carboxylic acid groups (broad SMARTS) is 1. The lowest BCUT2D eigenvalue weighted by Crippen LogP contribution is -2.63. The number of ketones is 2. The highest BCUT2D eigenvalue weighted by Gasteiger charge is 2.67. The predicted octanol–water partition coefficient (Wildman–Crippen LogP) is 13.2.